The number of β-amino-alcohol motifs (C(OH)–C–C–N with tert-alkyl or cyclic N) is 1. The summed E-state index contributed by atoms with van der Waals surface area (Å²) < 4.78 is 32.3. The molecule has 1 fully saturated rings. The van der Waals surface area contributed by atoms with Crippen molar-refractivity contribution >= 4 is 0 Å². The topological polar surface area (TPSA) is 32.7 Å². The number of halogens is 2. The summed E-state index contributed by atoms with van der Waals surface area (Å²) in [6, 6.07) is 3.27. The van der Waals surface area contributed by atoms with Gasteiger partial charge in [0.2, 0.25) is 0 Å². The van der Waals surface area contributed by atoms with Crippen molar-refractivity contribution in [2.24, 2.45) is 5.92 Å². The Morgan fingerprint density at radius 2 is 2.14 bits per heavy atom. The van der Waals surface area contributed by atoms with Crippen LogP contribution in [0.1, 0.15) is 31.9 Å². The van der Waals surface area contributed by atoms with Crippen LogP contribution >= 0.6 is 0 Å². The molecule has 1 aliphatic heterocycles. The average Bonchev–Trinajstić information content (AvgIpc) is 2.83. The summed E-state index contributed by atoms with van der Waals surface area (Å²) in [5.74, 6) is -0.834. The predicted molar refractivity (Wildman–Crippen MR) is 77.0 cm³/mol. The summed E-state index contributed by atoms with van der Waals surface area (Å²) in [7, 11) is 0. The lowest BCUT2D eigenvalue weighted by Gasteiger charge is -2.21. The Hall–Kier alpha value is -1.04. The zero-order chi connectivity index (χ0) is 15.4. The second-order valence-corrected chi connectivity index (χ2v) is 6.08. The Bertz CT molecular complexity index is 468. The first kappa shape index (κ1) is 16.3. The first-order valence-corrected chi connectivity index (χ1v) is 7.42. The Morgan fingerprint density at radius 3 is 2.81 bits per heavy atom. The molecular weight excluding hydrogens is 276 g/mol. The molecule has 0 spiro atoms. The SMILES string of the molecule is CC(C)COC1CCN(CC(O)c2ccc(F)cc2F)C1. The van der Waals surface area contributed by atoms with Gasteiger partial charge in [-0.3, -0.25) is 4.90 Å². The normalized spacial score (nSPS) is 21.1. The molecule has 118 valence electrons. The second kappa shape index (κ2) is 7.29. The first-order chi connectivity index (χ1) is 9.95. The van der Waals surface area contributed by atoms with Gasteiger partial charge >= 0.3 is 0 Å². The summed E-state index contributed by atoms with van der Waals surface area (Å²) in [5.41, 5.74) is 0.142. The van der Waals surface area contributed by atoms with Gasteiger partial charge in [-0.05, 0) is 18.4 Å². The Labute approximate surface area is 124 Å². The Kier molecular flexibility index (Phi) is 5.67. The van der Waals surface area contributed by atoms with E-state index in [4.69, 9.17) is 4.74 Å². The van der Waals surface area contributed by atoms with Gasteiger partial charge in [0.25, 0.3) is 0 Å². The van der Waals surface area contributed by atoms with Crippen LogP contribution in [0, 0.1) is 17.6 Å². The van der Waals surface area contributed by atoms with E-state index in [0.717, 1.165) is 32.2 Å². The summed E-state index contributed by atoms with van der Waals surface area (Å²) in [5, 5.41) is 10.1. The third-order valence-electron chi connectivity index (χ3n) is 3.65. The maximum Gasteiger partial charge on any atom is 0.131 e. The molecule has 0 aliphatic carbocycles. The van der Waals surface area contributed by atoms with Crippen molar-refractivity contribution < 1.29 is 18.6 Å². The number of nitrogens with zero attached hydrogens (tertiary/aromatic N) is 1. The number of benzene rings is 1. The molecule has 1 aliphatic rings. The van der Waals surface area contributed by atoms with Gasteiger partial charge in [0.15, 0.2) is 0 Å². The van der Waals surface area contributed by atoms with E-state index in [9.17, 15) is 13.9 Å². The highest BCUT2D eigenvalue weighted by atomic mass is 19.1. The van der Waals surface area contributed by atoms with Crippen LogP contribution in [0.15, 0.2) is 18.2 Å². The number of aliphatic hydroxyl groups is 1. The fourth-order valence-electron chi connectivity index (χ4n) is 2.54. The fourth-order valence-corrected chi connectivity index (χ4v) is 2.54. The van der Waals surface area contributed by atoms with Gasteiger partial charge < -0.3 is 9.84 Å². The van der Waals surface area contributed by atoms with Crippen LogP contribution < -0.4 is 0 Å². The minimum Gasteiger partial charge on any atom is -0.387 e. The van der Waals surface area contributed by atoms with Crippen molar-refractivity contribution in [2.75, 3.05) is 26.2 Å². The Morgan fingerprint density at radius 1 is 1.38 bits per heavy atom. The van der Waals surface area contributed by atoms with E-state index in [1.807, 2.05) is 0 Å². The molecule has 1 heterocycles. The van der Waals surface area contributed by atoms with Crippen molar-refractivity contribution in [2.45, 2.75) is 32.5 Å². The van der Waals surface area contributed by atoms with Crippen LogP contribution in [0.4, 0.5) is 8.78 Å². The van der Waals surface area contributed by atoms with Crippen LogP contribution in [0.2, 0.25) is 0 Å². The second-order valence-electron chi connectivity index (χ2n) is 6.08. The van der Waals surface area contributed by atoms with Crippen LogP contribution in [0.5, 0.6) is 0 Å². The minimum absolute atomic E-state index is 0.142. The maximum absolute atomic E-state index is 13.6. The van der Waals surface area contributed by atoms with Crippen molar-refractivity contribution in [1.29, 1.82) is 0 Å². The van der Waals surface area contributed by atoms with Gasteiger partial charge in [-0.1, -0.05) is 19.9 Å². The van der Waals surface area contributed by atoms with Crippen molar-refractivity contribution in [3.8, 4) is 0 Å². The van der Waals surface area contributed by atoms with Gasteiger partial charge in [0.1, 0.15) is 11.6 Å². The molecule has 0 amide bonds. The lowest BCUT2D eigenvalue weighted by atomic mass is 10.1. The summed E-state index contributed by atoms with van der Waals surface area (Å²) >= 11 is 0. The molecule has 2 atom stereocenters. The van der Waals surface area contributed by atoms with E-state index in [-0.39, 0.29) is 11.7 Å². The highest BCUT2D eigenvalue weighted by molar-refractivity contribution is 5.21. The number of hydrogen-bond acceptors (Lipinski definition) is 3. The molecule has 2 unspecified atom stereocenters. The molecule has 0 radical (unpaired) electrons. The molecule has 2 rings (SSSR count). The van der Waals surface area contributed by atoms with Crippen LogP contribution in [0.25, 0.3) is 0 Å². The lowest BCUT2D eigenvalue weighted by Crippen LogP contribution is -2.29. The first-order valence-electron chi connectivity index (χ1n) is 7.42. The van der Waals surface area contributed by atoms with Crippen LogP contribution in [-0.4, -0.2) is 42.4 Å². The molecule has 1 aromatic carbocycles. The van der Waals surface area contributed by atoms with E-state index in [0.29, 0.717) is 12.5 Å². The van der Waals surface area contributed by atoms with Gasteiger partial charge in [-0.2, -0.15) is 0 Å². The third kappa shape index (κ3) is 4.73. The zero-order valence-electron chi connectivity index (χ0n) is 12.6. The van der Waals surface area contributed by atoms with E-state index in [2.05, 4.69) is 18.7 Å². The highest BCUT2D eigenvalue weighted by Gasteiger charge is 2.26. The highest BCUT2D eigenvalue weighted by Crippen LogP contribution is 2.22. The third-order valence-corrected chi connectivity index (χ3v) is 3.65. The molecule has 21 heavy (non-hydrogen) atoms. The number of likely N-dealkylation sites (tertiary alicyclic amines) is 1. The zero-order valence-corrected chi connectivity index (χ0v) is 12.6. The Balaban J connectivity index is 1.85. The number of hydrogen-bond donors (Lipinski definition) is 1. The molecule has 0 aromatic heterocycles. The molecule has 1 aromatic rings. The quantitative estimate of drug-likeness (QED) is 0.876. The van der Waals surface area contributed by atoms with Gasteiger partial charge in [-0.15, -0.1) is 0 Å². The monoisotopic (exact) mass is 299 g/mol. The molecule has 1 N–H and O–H groups in total. The van der Waals surface area contributed by atoms with E-state index < -0.39 is 17.7 Å². The van der Waals surface area contributed by atoms with Gasteiger partial charge in [0, 0.05) is 37.9 Å². The van der Waals surface area contributed by atoms with E-state index in [1.165, 1.54) is 12.1 Å². The van der Waals surface area contributed by atoms with Crippen LogP contribution in [-0.2, 0) is 4.74 Å². The smallest absolute Gasteiger partial charge is 0.131 e. The molecule has 5 heteroatoms. The summed E-state index contributed by atoms with van der Waals surface area (Å²) in [6.07, 6.45) is 0.151. The molecule has 1 saturated heterocycles. The van der Waals surface area contributed by atoms with Crippen molar-refractivity contribution in [3.63, 3.8) is 0 Å². The lowest BCUT2D eigenvalue weighted by molar-refractivity contribution is 0.0372. The van der Waals surface area contributed by atoms with Crippen molar-refractivity contribution in [1.82, 2.24) is 4.90 Å². The largest absolute Gasteiger partial charge is 0.387 e. The molecule has 0 saturated carbocycles. The molecule has 0 bridgehead atoms. The summed E-state index contributed by atoms with van der Waals surface area (Å²) in [4.78, 5) is 2.05. The van der Waals surface area contributed by atoms with Gasteiger partial charge in [-0.25, -0.2) is 8.78 Å². The standard InChI is InChI=1S/C16H23F2NO2/c1-11(2)10-21-13-5-6-19(8-13)9-16(20)14-4-3-12(17)7-15(14)18/h3-4,7,11,13,16,20H,5-6,8-10H2,1-2H3. The van der Waals surface area contributed by atoms with Crippen LogP contribution in [0.3, 0.4) is 0 Å². The fraction of sp³-hybridized carbons (Fsp3) is 0.625. The predicted octanol–water partition coefficient (Wildman–Crippen LogP) is 2.75. The van der Waals surface area contributed by atoms with E-state index in [1.54, 1.807) is 0 Å². The molecular formula is C16H23F2NO2. The van der Waals surface area contributed by atoms with Gasteiger partial charge in [0.05, 0.1) is 12.2 Å². The number of aliphatic hydroxyl groups excluding tert-OH is 1. The number of ether oxygens (including phenoxy) is 1. The summed E-state index contributed by atoms with van der Waals surface area (Å²) in [6.45, 7) is 6.84. The minimum atomic E-state index is -0.950. The average molecular weight is 299 g/mol. The maximum atomic E-state index is 13.6. The van der Waals surface area contributed by atoms with E-state index >= 15 is 0 Å². The van der Waals surface area contributed by atoms with Crippen molar-refractivity contribution in [3.05, 3.63) is 35.4 Å². The number of rotatable bonds is 6. The molecule has 3 nitrogen and oxygen atoms in total.